The number of amides is 1. The maximum atomic E-state index is 12.5. The highest BCUT2D eigenvalue weighted by atomic mass is 32.1. The van der Waals surface area contributed by atoms with Crippen molar-refractivity contribution in [2.24, 2.45) is 0 Å². The molecule has 3 aliphatic rings. The number of hydrogen-bond acceptors (Lipinski definition) is 8. The largest absolute Gasteiger partial charge is 0.494 e. The Kier molecular flexibility index (Phi) is 4.39. The molecule has 1 aromatic carbocycles. The predicted octanol–water partition coefficient (Wildman–Crippen LogP) is 4.16. The van der Waals surface area contributed by atoms with Crippen molar-refractivity contribution in [2.45, 2.75) is 44.9 Å². The number of nitrogens with zero attached hydrogens (tertiary/aromatic N) is 4. The van der Waals surface area contributed by atoms with Gasteiger partial charge in [-0.2, -0.15) is 4.98 Å². The molecule has 8 nitrogen and oxygen atoms in total. The van der Waals surface area contributed by atoms with Crippen LogP contribution >= 0.6 is 11.3 Å². The number of piperidine rings is 1. The molecule has 3 saturated heterocycles. The molecule has 2 aromatic heterocycles. The number of rotatable bonds is 3. The smallest absolute Gasteiger partial charge is 0.410 e. The molecule has 158 valence electrons. The SMILES string of the molecule is COc1ccc(-c2nccs2)c2oc(N3CC4CC(C3)N4C(=O)OC(C)(C)C)nc12. The summed E-state index contributed by atoms with van der Waals surface area (Å²) in [5.74, 6) is 0.665. The van der Waals surface area contributed by atoms with E-state index in [-0.39, 0.29) is 18.2 Å². The molecule has 0 saturated carbocycles. The predicted molar refractivity (Wildman–Crippen MR) is 114 cm³/mol. The molecular formula is C21H24N4O4S. The fourth-order valence-electron chi connectivity index (χ4n) is 4.18. The molecular weight excluding hydrogens is 404 g/mol. The van der Waals surface area contributed by atoms with Gasteiger partial charge in [0.1, 0.15) is 16.4 Å². The minimum atomic E-state index is -0.496. The van der Waals surface area contributed by atoms with E-state index in [9.17, 15) is 4.79 Å². The maximum Gasteiger partial charge on any atom is 0.410 e. The molecule has 5 heterocycles. The third kappa shape index (κ3) is 3.17. The van der Waals surface area contributed by atoms with Crippen LogP contribution in [0.15, 0.2) is 28.1 Å². The molecule has 0 N–H and O–H groups in total. The molecule has 30 heavy (non-hydrogen) atoms. The quantitative estimate of drug-likeness (QED) is 0.620. The van der Waals surface area contributed by atoms with Crippen LogP contribution in [0, 0.1) is 0 Å². The summed E-state index contributed by atoms with van der Waals surface area (Å²) in [6.07, 6.45) is 2.51. The van der Waals surface area contributed by atoms with E-state index in [1.54, 1.807) is 24.6 Å². The van der Waals surface area contributed by atoms with Crippen molar-refractivity contribution in [1.29, 1.82) is 0 Å². The molecule has 1 amide bonds. The Labute approximate surface area is 178 Å². The van der Waals surface area contributed by atoms with Gasteiger partial charge in [0.05, 0.1) is 24.8 Å². The standard InChI is InChI=1S/C21H24N4O4S/c1-21(2,3)29-20(26)25-12-9-13(25)11-24(10-12)19-23-16-15(27-4)6-5-14(17(16)28-19)18-22-7-8-30-18/h5-8,12-13H,9-11H2,1-4H3. The van der Waals surface area contributed by atoms with E-state index < -0.39 is 5.60 Å². The van der Waals surface area contributed by atoms with Crippen LogP contribution in [0.2, 0.25) is 0 Å². The zero-order valence-electron chi connectivity index (χ0n) is 17.4. The zero-order chi connectivity index (χ0) is 21.0. The van der Waals surface area contributed by atoms with Gasteiger partial charge in [0, 0.05) is 24.7 Å². The van der Waals surface area contributed by atoms with Gasteiger partial charge in [0.2, 0.25) is 0 Å². The van der Waals surface area contributed by atoms with Gasteiger partial charge in [-0.15, -0.1) is 11.3 Å². The molecule has 3 fully saturated rings. The van der Waals surface area contributed by atoms with Crippen LogP contribution in [0.5, 0.6) is 5.75 Å². The third-order valence-corrected chi connectivity index (χ3v) is 6.25. The average molecular weight is 429 g/mol. The van der Waals surface area contributed by atoms with Crippen LogP contribution < -0.4 is 9.64 Å². The number of thiazole rings is 1. The lowest BCUT2D eigenvalue weighted by Gasteiger charge is -2.55. The molecule has 2 unspecified atom stereocenters. The highest BCUT2D eigenvalue weighted by Gasteiger charge is 2.49. The summed E-state index contributed by atoms with van der Waals surface area (Å²) < 4.78 is 17.3. The van der Waals surface area contributed by atoms with Crippen molar-refractivity contribution in [3.8, 4) is 16.3 Å². The van der Waals surface area contributed by atoms with Crippen LogP contribution in [0.1, 0.15) is 27.2 Å². The lowest BCUT2D eigenvalue weighted by atomic mass is 9.88. The lowest BCUT2D eigenvalue weighted by Crippen LogP contribution is -2.70. The summed E-state index contributed by atoms with van der Waals surface area (Å²) in [6.45, 7) is 6.99. The van der Waals surface area contributed by atoms with E-state index in [0.29, 0.717) is 36.0 Å². The molecule has 2 atom stereocenters. The fraction of sp³-hybridized carbons (Fsp3) is 0.476. The Bertz CT molecular complexity index is 1080. The number of methoxy groups -OCH3 is 1. The molecule has 6 rings (SSSR count). The number of carbonyl (C=O) groups is 1. The van der Waals surface area contributed by atoms with Crippen molar-refractivity contribution in [1.82, 2.24) is 14.9 Å². The van der Waals surface area contributed by atoms with Gasteiger partial charge in [-0.3, -0.25) is 4.90 Å². The summed E-state index contributed by atoms with van der Waals surface area (Å²) in [6, 6.07) is 4.60. The third-order valence-electron chi connectivity index (χ3n) is 5.45. The van der Waals surface area contributed by atoms with Crippen LogP contribution in [-0.2, 0) is 4.74 Å². The minimum absolute atomic E-state index is 0.106. The summed E-state index contributed by atoms with van der Waals surface area (Å²) in [5, 5.41) is 2.81. The number of oxazole rings is 1. The summed E-state index contributed by atoms with van der Waals surface area (Å²) >= 11 is 1.55. The van der Waals surface area contributed by atoms with E-state index in [4.69, 9.17) is 18.9 Å². The Morgan fingerprint density at radius 3 is 2.67 bits per heavy atom. The zero-order valence-corrected chi connectivity index (χ0v) is 18.2. The number of ether oxygens (including phenoxy) is 2. The van der Waals surface area contributed by atoms with Crippen molar-refractivity contribution >= 4 is 34.5 Å². The average Bonchev–Trinajstić information content (AvgIpc) is 3.36. The van der Waals surface area contributed by atoms with Gasteiger partial charge in [0.15, 0.2) is 11.1 Å². The van der Waals surface area contributed by atoms with Gasteiger partial charge in [-0.25, -0.2) is 9.78 Å². The van der Waals surface area contributed by atoms with Gasteiger partial charge in [0.25, 0.3) is 6.01 Å². The summed E-state index contributed by atoms with van der Waals surface area (Å²) in [4.78, 5) is 25.6. The number of hydrogen-bond donors (Lipinski definition) is 0. The second-order valence-electron chi connectivity index (χ2n) is 8.66. The van der Waals surface area contributed by atoms with Crippen LogP contribution in [0.4, 0.5) is 10.8 Å². The fourth-order valence-corrected chi connectivity index (χ4v) is 4.84. The van der Waals surface area contributed by atoms with E-state index in [0.717, 1.165) is 17.0 Å². The lowest BCUT2D eigenvalue weighted by molar-refractivity contribution is -0.0386. The number of benzene rings is 1. The summed E-state index contributed by atoms with van der Waals surface area (Å²) in [5.41, 5.74) is 1.76. The van der Waals surface area contributed by atoms with Crippen molar-refractivity contribution < 1.29 is 18.7 Å². The molecule has 9 heteroatoms. The Hall–Kier alpha value is -2.81. The normalized spacial score (nSPS) is 20.9. The molecule has 0 radical (unpaired) electrons. The Balaban J connectivity index is 1.42. The molecule has 2 bridgehead atoms. The number of piperazine rings is 1. The first-order valence-corrected chi connectivity index (χ1v) is 10.9. The molecule has 3 aromatic rings. The first-order valence-electron chi connectivity index (χ1n) is 9.97. The maximum absolute atomic E-state index is 12.5. The van der Waals surface area contributed by atoms with Crippen molar-refractivity contribution in [3.63, 3.8) is 0 Å². The second kappa shape index (κ2) is 6.87. The van der Waals surface area contributed by atoms with Crippen molar-refractivity contribution in [3.05, 3.63) is 23.7 Å². The number of aromatic nitrogens is 2. The topological polar surface area (TPSA) is 80.9 Å². The van der Waals surface area contributed by atoms with Gasteiger partial charge in [-0.1, -0.05) is 0 Å². The number of fused-ring (bicyclic) bond motifs is 3. The second-order valence-corrected chi connectivity index (χ2v) is 9.56. The van der Waals surface area contributed by atoms with Crippen LogP contribution in [0.3, 0.4) is 0 Å². The van der Waals surface area contributed by atoms with Crippen molar-refractivity contribution in [2.75, 3.05) is 25.1 Å². The van der Waals surface area contributed by atoms with Gasteiger partial charge < -0.3 is 18.8 Å². The van der Waals surface area contributed by atoms with E-state index in [1.807, 2.05) is 43.2 Å². The minimum Gasteiger partial charge on any atom is -0.494 e. The molecule has 3 aliphatic heterocycles. The van der Waals surface area contributed by atoms with Gasteiger partial charge in [-0.05, 0) is 39.3 Å². The Morgan fingerprint density at radius 2 is 2.03 bits per heavy atom. The first-order chi connectivity index (χ1) is 14.3. The van der Waals surface area contributed by atoms with Crippen LogP contribution in [-0.4, -0.2) is 58.8 Å². The highest BCUT2D eigenvalue weighted by molar-refractivity contribution is 7.13. The monoisotopic (exact) mass is 428 g/mol. The van der Waals surface area contributed by atoms with Gasteiger partial charge >= 0.3 is 6.09 Å². The summed E-state index contributed by atoms with van der Waals surface area (Å²) in [7, 11) is 1.63. The highest BCUT2D eigenvalue weighted by Crippen LogP contribution is 2.40. The van der Waals surface area contributed by atoms with Crippen LogP contribution in [0.25, 0.3) is 21.7 Å². The molecule has 0 spiro atoms. The number of anilines is 1. The van der Waals surface area contributed by atoms with E-state index >= 15 is 0 Å². The molecule has 0 aliphatic carbocycles. The Morgan fingerprint density at radius 1 is 1.27 bits per heavy atom. The van der Waals surface area contributed by atoms with E-state index in [1.165, 1.54) is 0 Å². The number of carbonyl (C=O) groups excluding carboxylic acids is 1. The first kappa shape index (κ1) is 19.2. The van der Waals surface area contributed by atoms with E-state index in [2.05, 4.69) is 9.88 Å².